The number of benzene rings is 3. The number of unbranched alkanes of at least 4 members (excludes halogenated alkanes) is 2. The van der Waals surface area contributed by atoms with Crippen LogP contribution in [-0.2, 0) is 6.42 Å². The van der Waals surface area contributed by atoms with E-state index in [-0.39, 0.29) is 16.8 Å². The van der Waals surface area contributed by atoms with Crippen molar-refractivity contribution < 1.29 is 22.0 Å². The molecule has 0 saturated heterocycles. The van der Waals surface area contributed by atoms with Crippen LogP contribution in [0.5, 0.6) is 0 Å². The predicted molar refractivity (Wildman–Crippen MR) is 103 cm³/mol. The van der Waals surface area contributed by atoms with Gasteiger partial charge in [0.05, 0.1) is 5.56 Å². The minimum absolute atomic E-state index is 0.00533. The van der Waals surface area contributed by atoms with E-state index in [9.17, 15) is 22.0 Å². The van der Waals surface area contributed by atoms with Crippen LogP contribution >= 0.6 is 0 Å². The molecule has 3 rings (SSSR count). The third kappa shape index (κ3) is 4.24. The maximum absolute atomic E-state index is 14.6. The first-order valence-corrected chi connectivity index (χ1v) is 9.14. The molecule has 0 spiro atoms. The first kappa shape index (κ1) is 20.1. The van der Waals surface area contributed by atoms with Crippen molar-refractivity contribution in [2.45, 2.75) is 32.6 Å². The molecule has 3 aromatic carbocycles. The maximum Gasteiger partial charge on any atom is 0.271 e. The Bertz CT molecular complexity index is 1030. The van der Waals surface area contributed by atoms with Gasteiger partial charge in [-0.15, -0.1) is 0 Å². The number of hydrogen-bond acceptors (Lipinski definition) is 0. The van der Waals surface area contributed by atoms with Gasteiger partial charge in [-0.1, -0.05) is 44.0 Å². The molecular weight excluding hydrogens is 371 g/mol. The van der Waals surface area contributed by atoms with Crippen LogP contribution in [0.3, 0.4) is 0 Å². The lowest BCUT2D eigenvalue weighted by Gasteiger charge is -2.10. The largest absolute Gasteiger partial charge is 0.271 e. The SMILES string of the molecule is CCCCCc1ccc(-c2ccc3c(F)c(C=C(F)F)c(F)cc3c2)c(F)c1. The lowest BCUT2D eigenvalue weighted by Crippen LogP contribution is -1.94. The molecule has 0 atom stereocenters. The summed E-state index contributed by atoms with van der Waals surface area (Å²) in [6.07, 6.45) is 1.92. The van der Waals surface area contributed by atoms with Crippen molar-refractivity contribution in [3.8, 4) is 11.1 Å². The standard InChI is InChI=1S/C23H19F5/c1-2-3-4-5-14-6-8-17(20(24)10-14)15-7-9-18-16(11-15)12-21(25)19(23(18)28)13-22(26)27/h6-13H,2-5H2,1H3. The minimum Gasteiger partial charge on any atom is -0.206 e. The third-order valence-corrected chi connectivity index (χ3v) is 4.73. The molecule has 0 amide bonds. The molecule has 0 bridgehead atoms. The van der Waals surface area contributed by atoms with Crippen molar-refractivity contribution >= 4 is 16.8 Å². The number of halogens is 5. The Kier molecular flexibility index (Phi) is 6.12. The van der Waals surface area contributed by atoms with Gasteiger partial charge in [-0.2, -0.15) is 8.78 Å². The summed E-state index contributed by atoms with van der Waals surface area (Å²) in [5.41, 5.74) is 0.893. The van der Waals surface area contributed by atoms with E-state index in [1.54, 1.807) is 6.07 Å². The first-order valence-electron chi connectivity index (χ1n) is 9.14. The quantitative estimate of drug-likeness (QED) is 0.296. The molecule has 0 heterocycles. The van der Waals surface area contributed by atoms with E-state index in [0.717, 1.165) is 37.3 Å². The van der Waals surface area contributed by atoms with Crippen molar-refractivity contribution in [2.75, 3.05) is 0 Å². The highest BCUT2D eigenvalue weighted by Gasteiger charge is 2.15. The molecule has 3 aromatic rings. The molecule has 0 aliphatic rings. The molecule has 0 aliphatic carbocycles. The summed E-state index contributed by atoms with van der Waals surface area (Å²) in [6, 6.07) is 10.3. The summed E-state index contributed by atoms with van der Waals surface area (Å²) in [5.74, 6) is -2.57. The molecule has 0 nitrogen and oxygen atoms in total. The van der Waals surface area contributed by atoms with E-state index in [1.807, 2.05) is 6.07 Å². The second-order valence-electron chi connectivity index (χ2n) is 6.73. The lowest BCUT2D eigenvalue weighted by molar-refractivity contribution is 0.428. The van der Waals surface area contributed by atoms with Gasteiger partial charge in [0.1, 0.15) is 17.5 Å². The van der Waals surface area contributed by atoms with Gasteiger partial charge in [-0.05, 0) is 47.6 Å². The Labute approximate surface area is 160 Å². The summed E-state index contributed by atoms with van der Waals surface area (Å²) in [6.45, 7) is 2.10. The van der Waals surface area contributed by atoms with Crippen LogP contribution < -0.4 is 0 Å². The number of rotatable bonds is 6. The zero-order chi connectivity index (χ0) is 20.3. The van der Waals surface area contributed by atoms with E-state index in [2.05, 4.69) is 6.92 Å². The molecule has 28 heavy (non-hydrogen) atoms. The second-order valence-corrected chi connectivity index (χ2v) is 6.73. The maximum atomic E-state index is 14.6. The molecule has 146 valence electrons. The summed E-state index contributed by atoms with van der Waals surface area (Å²) in [4.78, 5) is 0. The highest BCUT2D eigenvalue weighted by molar-refractivity contribution is 5.90. The lowest BCUT2D eigenvalue weighted by atomic mass is 9.97. The Balaban J connectivity index is 2.00. The van der Waals surface area contributed by atoms with Crippen LogP contribution in [0, 0.1) is 17.5 Å². The zero-order valence-corrected chi connectivity index (χ0v) is 15.3. The molecule has 0 saturated carbocycles. The summed E-state index contributed by atoms with van der Waals surface area (Å²) in [5, 5.41) is 0.171. The van der Waals surface area contributed by atoms with Crippen molar-refractivity contribution in [3.05, 3.63) is 77.1 Å². The van der Waals surface area contributed by atoms with Crippen LogP contribution in [0.4, 0.5) is 22.0 Å². The number of aryl methyl sites for hydroxylation is 1. The summed E-state index contributed by atoms with van der Waals surface area (Å²) < 4.78 is 67.9. The van der Waals surface area contributed by atoms with Gasteiger partial charge in [-0.25, -0.2) is 13.2 Å². The summed E-state index contributed by atoms with van der Waals surface area (Å²) in [7, 11) is 0. The molecule has 0 aromatic heterocycles. The van der Waals surface area contributed by atoms with Crippen molar-refractivity contribution in [1.82, 2.24) is 0 Å². The number of hydrogen-bond donors (Lipinski definition) is 0. The molecule has 0 fully saturated rings. The molecule has 0 radical (unpaired) electrons. The Morgan fingerprint density at radius 3 is 2.36 bits per heavy atom. The Morgan fingerprint density at radius 1 is 0.893 bits per heavy atom. The Hall–Kier alpha value is -2.69. The molecule has 0 unspecified atom stereocenters. The zero-order valence-electron chi connectivity index (χ0n) is 15.3. The predicted octanol–water partition coefficient (Wildman–Crippen LogP) is 7.89. The molecule has 0 aliphatic heterocycles. The van der Waals surface area contributed by atoms with E-state index in [4.69, 9.17) is 0 Å². The van der Waals surface area contributed by atoms with Crippen LogP contribution in [0.2, 0.25) is 0 Å². The van der Waals surface area contributed by atoms with Gasteiger partial charge >= 0.3 is 0 Å². The van der Waals surface area contributed by atoms with Gasteiger partial charge in [0.15, 0.2) is 0 Å². The fraction of sp³-hybridized carbons (Fsp3) is 0.217. The van der Waals surface area contributed by atoms with Crippen LogP contribution in [0.25, 0.3) is 28.0 Å². The molecule has 0 N–H and O–H groups in total. The third-order valence-electron chi connectivity index (χ3n) is 4.73. The van der Waals surface area contributed by atoms with Crippen LogP contribution in [-0.4, -0.2) is 0 Å². The number of fused-ring (bicyclic) bond motifs is 1. The van der Waals surface area contributed by atoms with Gasteiger partial charge in [-0.3, -0.25) is 0 Å². The van der Waals surface area contributed by atoms with E-state index >= 15 is 0 Å². The molecular formula is C23H19F5. The van der Waals surface area contributed by atoms with Gasteiger partial charge in [0, 0.05) is 17.0 Å². The van der Waals surface area contributed by atoms with Gasteiger partial charge in [0.25, 0.3) is 6.08 Å². The van der Waals surface area contributed by atoms with Gasteiger partial charge < -0.3 is 0 Å². The topological polar surface area (TPSA) is 0 Å². The van der Waals surface area contributed by atoms with Crippen LogP contribution in [0.1, 0.15) is 37.3 Å². The van der Waals surface area contributed by atoms with Gasteiger partial charge in [0.2, 0.25) is 0 Å². The molecule has 5 heteroatoms. The summed E-state index contributed by atoms with van der Waals surface area (Å²) >= 11 is 0. The smallest absolute Gasteiger partial charge is 0.206 e. The van der Waals surface area contributed by atoms with Crippen LogP contribution in [0.15, 0.2) is 48.5 Å². The average Bonchev–Trinajstić information content (AvgIpc) is 2.65. The van der Waals surface area contributed by atoms with E-state index < -0.39 is 29.1 Å². The highest BCUT2D eigenvalue weighted by Crippen LogP contribution is 2.31. The Morgan fingerprint density at radius 2 is 1.68 bits per heavy atom. The van der Waals surface area contributed by atoms with Crippen molar-refractivity contribution in [2.24, 2.45) is 0 Å². The average molecular weight is 390 g/mol. The fourth-order valence-corrected chi connectivity index (χ4v) is 3.28. The monoisotopic (exact) mass is 390 g/mol. The minimum atomic E-state index is -2.19. The van der Waals surface area contributed by atoms with Crippen molar-refractivity contribution in [3.63, 3.8) is 0 Å². The normalized spacial score (nSPS) is 11.1. The fourth-order valence-electron chi connectivity index (χ4n) is 3.28. The van der Waals surface area contributed by atoms with E-state index in [1.165, 1.54) is 24.3 Å². The van der Waals surface area contributed by atoms with Crippen molar-refractivity contribution in [1.29, 1.82) is 0 Å². The highest BCUT2D eigenvalue weighted by atomic mass is 19.3. The second kappa shape index (κ2) is 8.55. The first-order chi connectivity index (χ1) is 13.4. The van der Waals surface area contributed by atoms with E-state index in [0.29, 0.717) is 11.1 Å².